The number of rotatable bonds is 7. The van der Waals surface area contributed by atoms with Crippen LogP contribution in [0.1, 0.15) is 34.3 Å². The van der Waals surface area contributed by atoms with Gasteiger partial charge in [-0.15, -0.1) is 0 Å². The first kappa shape index (κ1) is 23.2. The Morgan fingerprint density at radius 3 is 2.63 bits per heavy atom. The molecule has 1 aromatic heterocycles. The van der Waals surface area contributed by atoms with E-state index in [9.17, 15) is 4.79 Å². The summed E-state index contributed by atoms with van der Waals surface area (Å²) in [6, 6.07) is 9.88. The molecule has 2 aliphatic rings. The highest BCUT2D eigenvalue weighted by Crippen LogP contribution is 2.37. The first-order valence-corrected chi connectivity index (χ1v) is 11.8. The number of amides is 1. The molecule has 2 heterocycles. The number of nitrogen functional groups attached to an aromatic ring is 1. The van der Waals surface area contributed by atoms with Crippen molar-refractivity contribution in [3.8, 4) is 28.0 Å². The first-order chi connectivity index (χ1) is 16.8. The standard InChI is InChI=1S/C27H28F2N4O2/c1-33(2)13-18-9-16(5-6-24(18)35-14-15-3-4-15)19-11-22(26(30)32-25(19)29)21-10-17-7-8-31-27(34)20(17)12-23(21)28/h5-6,9-12,15H,3-4,7-8,13-14H2,1-2H3,(H2,30,32)(H,31,34). The summed E-state index contributed by atoms with van der Waals surface area (Å²) in [5, 5.41) is 2.71. The lowest BCUT2D eigenvalue weighted by atomic mass is 9.93. The maximum atomic E-state index is 15.1. The Morgan fingerprint density at radius 2 is 1.89 bits per heavy atom. The molecule has 182 valence electrons. The SMILES string of the molecule is CN(C)Cc1cc(-c2cc(-c3cc4c(cc3F)C(=O)NCC4)c(N)nc2F)ccc1OCC1CC1. The van der Waals surface area contributed by atoms with Crippen molar-refractivity contribution in [1.82, 2.24) is 15.2 Å². The number of pyridine rings is 1. The first-order valence-electron chi connectivity index (χ1n) is 11.8. The molecule has 5 rings (SSSR count). The second-order valence-corrected chi connectivity index (χ2v) is 9.57. The number of nitrogens with one attached hydrogen (secondary N) is 1. The zero-order valence-electron chi connectivity index (χ0n) is 19.8. The number of ether oxygens (including phenoxy) is 1. The molecule has 3 N–H and O–H groups in total. The number of halogens is 2. The maximum Gasteiger partial charge on any atom is 0.251 e. The van der Waals surface area contributed by atoms with Crippen LogP contribution < -0.4 is 15.8 Å². The van der Waals surface area contributed by atoms with Gasteiger partial charge in [0.05, 0.1) is 6.61 Å². The van der Waals surface area contributed by atoms with Crippen LogP contribution in [0.25, 0.3) is 22.3 Å². The number of aromatic nitrogens is 1. The molecule has 1 saturated carbocycles. The van der Waals surface area contributed by atoms with Gasteiger partial charge in [-0.25, -0.2) is 9.37 Å². The van der Waals surface area contributed by atoms with Gasteiger partial charge in [-0.2, -0.15) is 4.39 Å². The smallest absolute Gasteiger partial charge is 0.251 e. The molecule has 0 saturated heterocycles. The van der Waals surface area contributed by atoms with Crippen LogP contribution in [0.4, 0.5) is 14.6 Å². The highest BCUT2D eigenvalue weighted by Gasteiger charge is 2.24. The minimum Gasteiger partial charge on any atom is -0.493 e. The highest BCUT2D eigenvalue weighted by molar-refractivity contribution is 5.97. The van der Waals surface area contributed by atoms with Gasteiger partial charge in [0.25, 0.3) is 5.91 Å². The zero-order chi connectivity index (χ0) is 24.7. The number of fused-ring (bicyclic) bond motifs is 1. The van der Waals surface area contributed by atoms with Crippen LogP contribution in [0.5, 0.6) is 5.75 Å². The molecule has 3 aromatic rings. The Bertz CT molecular complexity index is 1300. The number of nitrogens with zero attached hydrogens (tertiary/aromatic N) is 2. The number of benzene rings is 2. The summed E-state index contributed by atoms with van der Waals surface area (Å²) >= 11 is 0. The Balaban J connectivity index is 1.56. The van der Waals surface area contributed by atoms with E-state index in [1.165, 1.54) is 25.0 Å². The fourth-order valence-electron chi connectivity index (χ4n) is 4.42. The van der Waals surface area contributed by atoms with Crippen molar-refractivity contribution >= 4 is 11.7 Å². The minimum absolute atomic E-state index is 0.108. The van der Waals surface area contributed by atoms with Crippen LogP contribution in [0.3, 0.4) is 0 Å². The van der Waals surface area contributed by atoms with Gasteiger partial charge in [-0.1, -0.05) is 6.07 Å². The monoisotopic (exact) mass is 478 g/mol. The molecule has 2 aromatic carbocycles. The third kappa shape index (κ3) is 4.84. The van der Waals surface area contributed by atoms with Crippen LogP contribution in [0, 0.1) is 17.7 Å². The Labute approximate surface area is 203 Å². The molecule has 0 bridgehead atoms. The Hall–Kier alpha value is -3.52. The number of carbonyl (C=O) groups excluding carboxylic acids is 1. The van der Waals surface area contributed by atoms with Gasteiger partial charge in [0.1, 0.15) is 17.4 Å². The van der Waals surface area contributed by atoms with E-state index >= 15 is 8.78 Å². The number of hydrogen-bond donors (Lipinski definition) is 2. The summed E-state index contributed by atoms with van der Waals surface area (Å²) < 4.78 is 36.2. The highest BCUT2D eigenvalue weighted by atomic mass is 19.1. The van der Waals surface area contributed by atoms with Crippen molar-refractivity contribution in [2.45, 2.75) is 25.8 Å². The Kier molecular flexibility index (Phi) is 6.15. The van der Waals surface area contributed by atoms with Gasteiger partial charge in [0, 0.05) is 40.9 Å². The molecule has 8 heteroatoms. The third-order valence-corrected chi connectivity index (χ3v) is 6.44. The minimum atomic E-state index is -0.730. The van der Waals surface area contributed by atoms with Crippen molar-refractivity contribution in [2.75, 3.05) is 33.0 Å². The molecule has 1 amide bonds. The van der Waals surface area contributed by atoms with Gasteiger partial charge in [0.15, 0.2) is 0 Å². The molecule has 6 nitrogen and oxygen atoms in total. The summed E-state index contributed by atoms with van der Waals surface area (Å²) in [5.74, 6) is -0.364. The quantitative estimate of drug-likeness (QED) is 0.492. The summed E-state index contributed by atoms with van der Waals surface area (Å²) in [7, 11) is 3.92. The van der Waals surface area contributed by atoms with E-state index in [4.69, 9.17) is 10.5 Å². The van der Waals surface area contributed by atoms with E-state index in [0.29, 0.717) is 43.2 Å². The lowest BCUT2D eigenvalue weighted by molar-refractivity contribution is 0.0945. The lowest BCUT2D eigenvalue weighted by Crippen LogP contribution is -2.32. The van der Waals surface area contributed by atoms with Crippen LogP contribution in [-0.4, -0.2) is 43.0 Å². The van der Waals surface area contributed by atoms with Crippen molar-refractivity contribution in [3.05, 3.63) is 64.9 Å². The topological polar surface area (TPSA) is 80.5 Å². The maximum absolute atomic E-state index is 15.1. The zero-order valence-corrected chi connectivity index (χ0v) is 19.8. The third-order valence-electron chi connectivity index (χ3n) is 6.44. The van der Waals surface area contributed by atoms with E-state index in [0.717, 1.165) is 16.9 Å². The van der Waals surface area contributed by atoms with Crippen molar-refractivity contribution in [3.63, 3.8) is 0 Å². The van der Waals surface area contributed by atoms with Crippen LogP contribution >= 0.6 is 0 Å². The summed E-state index contributed by atoms with van der Waals surface area (Å²) in [4.78, 5) is 18.0. The molecule has 0 spiro atoms. The predicted octanol–water partition coefficient (Wildman–Crippen LogP) is 4.41. The normalized spacial score (nSPS) is 15.2. The van der Waals surface area contributed by atoms with Gasteiger partial charge in [0.2, 0.25) is 5.95 Å². The van der Waals surface area contributed by atoms with Crippen LogP contribution in [0.2, 0.25) is 0 Å². The van der Waals surface area contributed by atoms with E-state index in [-0.39, 0.29) is 28.4 Å². The number of carbonyl (C=O) groups is 1. The number of nitrogens with two attached hydrogens (primary N) is 1. The fourth-order valence-corrected chi connectivity index (χ4v) is 4.42. The Morgan fingerprint density at radius 1 is 1.09 bits per heavy atom. The molecular formula is C27H28F2N4O2. The average molecular weight is 479 g/mol. The summed E-state index contributed by atoms with van der Waals surface area (Å²) in [5.41, 5.74) is 9.31. The molecule has 1 aliphatic carbocycles. The van der Waals surface area contributed by atoms with Crippen LogP contribution in [0.15, 0.2) is 36.4 Å². The van der Waals surface area contributed by atoms with Crippen molar-refractivity contribution < 1.29 is 18.3 Å². The predicted molar refractivity (Wildman–Crippen MR) is 131 cm³/mol. The van der Waals surface area contributed by atoms with Gasteiger partial charge in [-0.05, 0) is 80.7 Å². The number of anilines is 1. The molecule has 1 aliphatic heterocycles. The second-order valence-electron chi connectivity index (χ2n) is 9.57. The van der Waals surface area contributed by atoms with Gasteiger partial charge < -0.3 is 20.7 Å². The van der Waals surface area contributed by atoms with Gasteiger partial charge in [-0.3, -0.25) is 4.79 Å². The molecular weight excluding hydrogens is 450 g/mol. The van der Waals surface area contributed by atoms with Crippen LogP contribution in [-0.2, 0) is 13.0 Å². The fraction of sp³-hybridized carbons (Fsp3) is 0.333. The largest absolute Gasteiger partial charge is 0.493 e. The molecule has 0 atom stereocenters. The molecule has 35 heavy (non-hydrogen) atoms. The van der Waals surface area contributed by atoms with E-state index < -0.39 is 11.8 Å². The van der Waals surface area contributed by atoms with E-state index in [2.05, 4.69) is 10.3 Å². The van der Waals surface area contributed by atoms with Crippen molar-refractivity contribution in [2.24, 2.45) is 5.92 Å². The lowest BCUT2D eigenvalue weighted by Gasteiger charge is -2.19. The average Bonchev–Trinajstić information content (AvgIpc) is 3.63. The van der Waals surface area contributed by atoms with E-state index in [1.807, 2.05) is 31.1 Å². The van der Waals surface area contributed by atoms with Crippen molar-refractivity contribution in [1.29, 1.82) is 0 Å². The molecule has 0 unspecified atom stereocenters. The molecule has 1 fully saturated rings. The summed E-state index contributed by atoms with van der Waals surface area (Å²) in [6.45, 7) is 1.77. The van der Waals surface area contributed by atoms with E-state index in [1.54, 1.807) is 12.1 Å². The second kappa shape index (κ2) is 9.26. The number of hydrogen-bond acceptors (Lipinski definition) is 5. The molecule has 0 radical (unpaired) electrons. The van der Waals surface area contributed by atoms with Gasteiger partial charge >= 0.3 is 0 Å². The summed E-state index contributed by atoms with van der Waals surface area (Å²) in [6.07, 6.45) is 2.96.